The van der Waals surface area contributed by atoms with Crippen molar-refractivity contribution in [1.82, 2.24) is 15.5 Å². The number of aromatic nitrogens is 2. The van der Waals surface area contributed by atoms with Gasteiger partial charge in [0.25, 0.3) is 0 Å². The van der Waals surface area contributed by atoms with Gasteiger partial charge in [0, 0.05) is 0 Å². The van der Waals surface area contributed by atoms with Gasteiger partial charge in [0.15, 0.2) is 0 Å². The van der Waals surface area contributed by atoms with Gasteiger partial charge in [0.05, 0.1) is 11.0 Å². The zero-order chi connectivity index (χ0) is 9.97. The van der Waals surface area contributed by atoms with E-state index < -0.39 is 4.92 Å². The maximum atomic E-state index is 10.6. The van der Waals surface area contributed by atoms with Crippen molar-refractivity contribution in [2.24, 2.45) is 0 Å². The Kier molecular flexibility index (Phi) is 2.45. The van der Waals surface area contributed by atoms with Gasteiger partial charge in [-0.1, -0.05) is 6.42 Å². The fourth-order valence-corrected chi connectivity index (χ4v) is 1.79. The number of nitro groups is 1. The number of aromatic amines is 1. The van der Waals surface area contributed by atoms with Crippen LogP contribution >= 0.6 is 0 Å². The second-order valence-electron chi connectivity index (χ2n) is 3.43. The Morgan fingerprint density at radius 3 is 3.07 bits per heavy atom. The molecule has 1 aliphatic heterocycles. The molecular formula is C8H12N4O2. The van der Waals surface area contributed by atoms with E-state index in [0.717, 1.165) is 25.8 Å². The number of hydrogen-bond donors (Lipinski definition) is 2. The van der Waals surface area contributed by atoms with E-state index in [1.54, 1.807) is 0 Å². The topological polar surface area (TPSA) is 83.8 Å². The van der Waals surface area contributed by atoms with Crippen molar-refractivity contribution in [2.75, 3.05) is 6.54 Å². The third-order valence-corrected chi connectivity index (χ3v) is 2.50. The molecule has 2 rings (SSSR count). The molecule has 1 atom stereocenters. The number of H-pyrrole nitrogens is 1. The number of nitrogens with zero attached hydrogens (tertiary/aromatic N) is 2. The number of hydrogen-bond acceptors (Lipinski definition) is 4. The first-order valence-corrected chi connectivity index (χ1v) is 4.70. The number of rotatable bonds is 2. The molecule has 0 aromatic carbocycles. The standard InChI is InChI=1S/C8H12N4O2/c13-12(14)7-5-10-11-8(7)6-3-1-2-4-9-6/h5-6,9H,1-4H2,(H,10,11). The molecule has 0 amide bonds. The molecule has 1 fully saturated rings. The fraction of sp³-hybridized carbons (Fsp3) is 0.625. The predicted octanol–water partition coefficient (Wildman–Crippen LogP) is 1.13. The number of piperidine rings is 1. The minimum absolute atomic E-state index is 0.0617. The third-order valence-electron chi connectivity index (χ3n) is 2.50. The molecule has 0 aliphatic carbocycles. The van der Waals surface area contributed by atoms with Crippen molar-refractivity contribution in [3.63, 3.8) is 0 Å². The molecule has 2 heterocycles. The van der Waals surface area contributed by atoms with Crippen molar-refractivity contribution in [3.8, 4) is 0 Å². The molecule has 76 valence electrons. The minimum atomic E-state index is -0.394. The van der Waals surface area contributed by atoms with Crippen molar-refractivity contribution in [1.29, 1.82) is 0 Å². The molecule has 1 unspecified atom stereocenters. The SMILES string of the molecule is O=[N+]([O-])c1cn[nH]c1C1CCCCN1. The third kappa shape index (κ3) is 1.60. The van der Waals surface area contributed by atoms with Crippen molar-refractivity contribution >= 4 is 5.69 Å². The van der Waals surface area contributed by atoms with E-state index in [1.165, 1.54) is 6.20 Å². The largest absolute Gasteiger partial charge is 0.311 e. The van der Waals surface area contributed by atoms with Crippen LogP contribution in [-0.2, 0) is 0 Å². The highest BCUT2D eigenvalue weighted by Gasteiger charge is 2.25. The van der Waals surface area contributed by atoms with Crippen LogP contribution in [0.15, 0.2) is 6.20 Å². The molecule has 0 radical (unpaired) electrons. The van der Waals surface area contributed by atoms with Gasteiger partial charge in [0.1, 0.15) is 11.9 Å². The lowest BCUT2D eigenvalue weighted by molar-refractivity contribution is -0.385. The van der Waals surface area contributed by atoms with Crippen LogP contribution in [-0.4, -0.2) is 21.7 Å². The molecule has 1 aromatic heterocycles. The van der Waals surface area contributed by atoms with Crippen LogP contribution in [0.2, 0.25) is 0 Å². The summed E-state index contributed by atoms with van der Waals surface area (Å²) in [6.45, 7) is 0.918. The summed E-state index contributed by atoms with van der Waals surface area (Å²) in [5, 5.41) is 20.3. The second-order valence-corrected chi connectivity index (χ2v) is 3.43. The molecule has 6 heteroatoms. The number of nitrogens with one attached hydrogen (secondary N) is 2. The lowest BCUT2D eigenvalue weighted by Crippen LogP contribution is -2.27. The zero-order valence-corrected chi connectivity index (χ0v) is 7.69. The Morgan fingerprint density at radius 2 is 2.43 bits per heavy atom. The molecule has 6 nitrogen and oxygen atoms in total. The molecule has 0 saturated carbocycles. The first-order chi connectivity index (χ1) is 6.79. The van der Waals surface area contributed by atoms with Crippen LogP contribution in [0, 0.1) is 10.1 Å². The van der Waals surface area contributed by atoms with Crippen molar-refractivity contribution < 1.29 is 4.92 Å². The van der Waals surface area contributed by atoms with Gasteiger partial charge in [-0.15, -0.1) is 0 Å². The van der Waals surface area contributed by atoms with Gasteiger partial charge in [0.2, 0.25) is 0 Å². The summed E-state index contributed by atoms with van der Waals surface area (Å²) in [6.07, 6.45) is 4.45. The van der Waals surface area contributed by atoms with Crippen LogP contribution < -0.4 is 5.32 Å². The Balaban J connectivity index is 2.21. The molecule has 1 saturated heterocycles. The van der Waals surface area contributed by atoms with E-state index in [1.807, 2.05) is 0 Å². The predicted molar refractivity (Wildman–Crippen MR) is 49.8 cm³/mol. The van der Waals surface area contributed by atoms with E-state index in [4.69, 9.17) is 0 Å². The van der Waals surface area contributed by atoms with E-state index in [-0.39, 0.29) is 11.7 Å². The summed E-state index contributed by atoms with van der Waals surface area (Å²) in [5.74, 6) is 0. The quantitative estimate of drug-likeness (QED) is 0.548. The Morgan fingerprint density at radius 1 is 1.57 bits per heavy atom. The summed E-state index contributed by atoms with van der Waals surface area (Å²) in [6, 6.07) is 0.0617. The Hall–Kier alpha value is -1.43. The van der Waals surface area contributed by atoms with Crippen molar-refractivity contribution in [2.45, 2.75) is 25.3 Å². The maximum absolute atomic E-state index is 10.6. The smallest absolute Gasteiger partial charge is 0.308 e. The summed E-state index contributed by atoms with van der Waals surface area (Å²) in [7, 11) is 0. The van der Waals surface area contributed by atoms with Crippen LogP contribution in [0.4, 0.5) is 5.69 Å². The summed E-state index contributed by atoms with van der Waals surface area (Å²) in [4.78, 5) is 10.2. The summed E-state index contributed by atoms with van der Waals surface area (Å²) < 4.78 is 0. The van der Waals surface area contributed by atoms with Gasteiger partial charge in [-0.3, -0.25) is 15.2 Å². The summed E-state index contributed by atoms with van der Waals surface area (Å²) in [5.41, 5.74) is 0.694. The normalized spacial score (nSPS) is 22.1. The molecule has 2 N–H and O–H groups in total. The maximum Gasteiger partial charge on any atom is 0.311 e. The van der Waals surface area contributed by atoms with E-state index in [0.29, 0.717) is 5.69 Å². The Labute approximate surface area is 80.9 Å². The van der Waals surface area contributed by atoms with Gasteiger partial charge >= 0.3 is 5.69 Å². The van der Waals surface area contributed by atoms with Crippen LogP contribution in [0.1, 0.15) is 31.0 Å². The monoisotopic (exact) mass is 196 g/mol. The summed E-state index contributed by atoms with van der Waals surface area (Å²) >= 11 is 0. The molecule has 1 aromatic rings. The highest BCUT2D eigenvalue weighted by molar-refractivity contribution is 5.34. The second kappa shape index (κ2) is 3.75. The van der Waals surface area contributed by atoms with Crippen LogP contribution in [0.25, 0.3) is 0 Å². The zero-order valence-electron chi connectivity index (χ0n) is 7.69. The molecule has 1 aliphatic rings. The molecule has 14 heavy (non-hydrogen) atoms. The highest BCUT2D eigenvalue weighted by atomic mass is 16.6. The van der Waals surface area contributed by atoms with Crippen molar-refractivity contribution in [3.05, 3.63) is 22.0 Å². The fourth-order valence-electron chi connectivity index (χ4n) is 1.79. The van der Waals surface area contributed by atoms with E-state index in [2.05, 4.69) is 15.5 Å². The van der Waals surface area contributed by atoms with Gasteiger partial charge < -0.3 is 5.32 Å². The first-order valence-electron chi connectivity index (χ1n) is 4.70. The van der Waals surface area contributed by atoms with E-state index >= 15 is 0 Å². The molecule has 0 spiro atoms. The first kappa shape index (κ1) is 9.14. The van der Waals surface area contributed by atoms with Crippen LogP contribution in [0.3, 0.4) is 0 Å². The lowest BCUT2D eigenvalue weighted by atomic mass is 10.0. The lowest BCUT2D eigenvalue weighted by Gasteiger charge is -2.21. The molecule has 0 bridgehead atoms. The molecular weight excluding hydrogens is 184 g/mol. The van der Waals surface area contributed by atoms with Crippen LogP contribution in [0.5, 0.6) is 0 Å². The van der Waals surface area contributed by atoms with Gasteiger partial charge in [-0.05, 0) is 19.4 Å². The van der Waals surface area contributed by atoms with Gasteiger partial charge in [-0.2, -0.15) is 5.10 Å². The Bertz CT molecular complexity index is 330. The highest BCUT2D eigenvalue weighted by Crippen LogP contribution is 2.27. The average Bonchev–Trinajstić information content (AvgIpc) is 2.67. The average molecular weight is 196 g/mol. The van der Waals surface area contributed by atoms with E-state index in [9.17, 15) is 10.1 Å². The van der Waals surface area contributed by atoms with Gasteiger partial charge in [-0.25, -0.2) is 0 Å². The minimum Gasteiger partial charge on any atom is -0.308 e.